The number of carbonyl (C=O) groups is 1. The Bertz CT molecular complexity index is 1140. The zero-order valence-electron chi connectivity index (χ0n) is 22.6. The van der Waals surface area contributed by atoms with Crippen molar-refractivity contribution in [1.82, 2.24) is 0 Å². The third-order valence-corrected chi connectivity index (χ3v) is 9.06. The average Bonchev–Trinajstić information content (AvgIpc) is 2.97. The number of β-lactam (4-membered cyclic amide) rings is 1. The molecular formula is C31H41NO8. The summed E-state index contributed by atoms with van der Waals surface area (Å²) in [5.41, 5.74) is 1.97. The number of ether oxygens (including phenoxy) is 1. The Balaban J connectivity index is 1.34. The van der Waals surface area contributed by atoms with Crippen molar-refractivity contribution in [2.75, 3.05) is 11.5 Å². The molecule has 40 heavy (non-hydrogen) atoms. The number of hydrogen-bond donors (Lipinski definition) is 6. The summed E-state index contributed by atoms with van der Waals surface area (Å²) >= 11 is 0. The molecule has 2 aromatic carbocycles. The van der Waals surface area contributed by atoms with Crippen molar-refractivity contribution in [2.45, 2.75) is 94.0 Å². The highest BCUT2D eigenvalue weighted by Gasteiger charge is 2.50. The van der Waals surface area contributed by atoms with Crippen LogP contribution in [0.15, 0.2) is 48.5 Å². The molecule has 8 atom stereocenters. The van der Waals surface area contributed by atoms with Crippen LogP contribution in [0.4, 0.5) is 5.69 Å². The monoisotopic (exact) mass is 555 g/mol. The number of phenols is 1. The number of amides is 1. The van der Waals surface area contributed by atoms with Gasteiger partial charge in [0.1, 0.15) is 30.2 Å². The largest absolute Gasteiger partial charge is 0.508 e. The van der Waals surface area contributed by atoms with Crippen LogP contribution < -0.4 is 4.90 Å². The molecule has 2 heterocycles. The zero-order valence-corrected chi connectivity index (χ0v) is 22.6. The van der Waals surface area contributed by atoms with Gasteiger partial charge in [0.05, 0.1) is 30.8 Å². The summed E-state index contributed by atoms with van der Waals surface area (Å²) in [7, 11) is 0. The summed E-state index contributed by atoms with van der Waals surface area (Å²) in [6.07, 6.45) is 0.153. The van der Waals surface area contributed by atoms with Gasteiger partial charge >= 0.3 is 0 Å². The lowest BCUT2D eigenvalue weighted by Crippen LogP contribution is -2.59. The molecule has 2 aromatic rings. The first kappa shape index (κ1) is 29.0. The minimum absolute atomic E-state index is 0.00153. The minimum Gasteiger partial charge on any atom is -0.508 e. The third-order valence-electron chi connectivity index (χ3n) is 9.06. The number of phenolic OH excluding ortho intramolecular Hbond substituents is 1. The van der Waals surface area contributed by atoms with Crippen LogP contribution in [-0.4, -0.2) is 79.8 Å². The molecule has 218 valence electrons. The molecular weight excluding hydrogens is 514 g/mol. The van der Waals surface area contributed by atoms with Crippen LogP contribution in [0.3, 0.4) is 0 Å². The van der Waals surface area contributed by atoms with E-state index < -0.39 is 49.3 Å². The summed E-state index contributed by atoms with van der Waals surface area (Å²) in [6.45, 7) is -0.506. The molecule has 0 spiro atoms. The van der Waals surface area contributed by atoms with E-state index in [4.69, 9.17) is 4.74 Å². The van der Waals surface area contributed by atoms with E-state index in [0.717, 1.165) is 31.4 Å². The minimum atomic E-state index is -1.46. The second kappa shape index (κ2) is 12.5. The predicted octanol–water partition coefficient (Wildman–Crippen LogP) is 2.20. The first-order valence-electron chi connectivity index (χ1n) is 14.5. The van der Waals surface area contributed by atoms with Crippen molar-refractivity contribution < 1.29 is 40.2 Å². The molecule has 6 N–H and O–H groups in total. The van der Waals surface area contributed by atoms with Gasteiger partial charge in [-0.3, -0.25) is 4.79 Å². The Hall–Kier alpha value is -2.53. The first-order valence-corrected chi connectivity index (χ1v) is 14.5. The maximum atomic E-state index is 13.4. The van der Waals surface area contributed by atoms with Gasteiger partial charge in [0.2, 0.25) is 5.91 Å². The highest BCUT2D eigenvalue weighted by Crippen LogP contribution is 2.48. The van der Waals surface area contributed by atoms with Crippen molar-refractivity contribution in [2.24, 2.45) is 11.8 Å². The molecule has 0 unspecified atom stereocenters. The molecule has 9 heteroatoms. The van der Waals surface area contributed by atoms with Crippen molar-refractivity contribution in [3.8, 4) is 5.75 Å². The van der Waals surface area contributed by atoms with Gasteiger partial charge in [-0.1, -0.05) is 49.6 Å². The Morgan fingerprint density at radius 3 is 2.30 bits per heavy atom. The topological polar surface area (TPSA) is 151 Å². The van der Waals surface area contributed by atoms with Gasteiger partial charge < -0.3 is 40.3 Å². The number of anilines is 1. The van der Waals surface area contributed by atoms with Crippen molar-refractivity contribution in [3.05, 3.63) is 59.7 Å². The maximum absolute atomic E-state index is 13.4. The van der Waals surface area contributed by atoms with Crippen LogP contribution in [-0.2, 0) is 16.0 Å². The van der Waals surface area contributed by atoms with Gasteiger partial charge in [0.25, 0.3) is 0 Å². The second-order valence-electron chi connectivity index (χ2n) is 11.6. The van der Waals surface area contributed by atoms with Crippen LogP contribution in [0.1, 0.15) is 62.1 Å². The number of rotatable bonds is 9. The second-order valence-corrected chi connectivity index (χ2v) is 11.6. The van der Waals surface area contributed by atoms with Crippen LogP contribution in [0, 0.1) is 11.8 Å². The quantitative estimate of drug-likeness (QED) is 0.258. The van der Waals surface area contributed by atoms with Crippen LogP contribution in [0.5, 0.6) is 5.75 Å². The fourth-order valence-electron chi connectivity index (χ4n) is 6.71. The number of benzene rings is 2. The van der Waals surface area contributed by atoms with Gasteiger partial charge in [-0.25, -0.2) is 0 Å². The molecule has 3 fully saturated rings. The first-order chi connectivity index (χ1) is 19.3. The van der Waals surface area contributed by atoms with Gasteiger partial charge in [0, 0.05) is 17.7 Å². The van der Waals surface area contributed by atoms with Gasteiger partial charge in [0.15, 0.2) is 0 Å². The van der Waals surface area contributed by atoms with E-state index in [1.807, 2.05) is 30.3 Å². The average molecular weight is 556 g/mol. The van der Waals surface area contributed by atoms with E-state index in [9.17, 15) is 35.4 Å². The summed E-state index contributed by atoms with van der Waals surface area (Å²) in [5, 5.41) is 62.1. The summed E-state index contributed by atoms with van der Waals surface area (Å²) < 4.78 is 5.63. The maximum Gasteiger partial charge on any atom is 0.233 e. The zero-order chi connectivity index (χ0) is 28.4. The molecule has 2 aliphatic heterocycles. The van der Waals surface area contributed by atoms with E-state index in [1.54, 1.807) is 23.1 Å². The molecule has 1 aliphatic carbocycles. The predicted molar refractivity (Wildman–Crippen MR) is 148 cm³/mol. The van der Waals surface area contributed by atoms with Crippen LogP contribution in [0.25, 0.3) is 0 Å². The molecule has 0 radical (unpaired) electrons. The molecule has 1 saturated carbocycles. The number of aliphatic hydroxyl groups is 5. The molecule has 3 aliphatic rings. The van der Waals surface area contributed by atoms with E-state index in [-0.39, 0.29) is 29.9 Å². The SMILES string of the molecule is O=C1[C@H](CC[C@H](O)C2CCCCC2)[C@@H](c2ccc(C[C@@H]3O[C@H](CO)[C@@H](O)[C@H](O)[C@H]3O)cc2O)N1c1ccccc1. The van der Waals surface area contributed by atoms with Crippen molar-refractivity contribution >= 4 is 11.6 Å². The van der Waals surface area contributed by atoms with Gasteiger partial charge in [-0.15, -0.1) is 0 Å². The van der Waals surface area contributed by atoms with Crippen molar-refractivity contribution in [1.29, 1.82) is 0 Å². The van der Waals surface area contributed by atoms with Crippen LogP contribution >= 0.6 is 0 Å². The van der Waals surface area contributed by atoms with E-state index in [1.165, 1.54) is 6.42 Å². The number of para-hydroxylation sites is 1. The highest BCUT2D eigenvalue weighted by molar-refractivity contribution is 6.03. The van der Waals surface area contributed by atoms with Gasteiger partial charge in [-0.2, -0.15) is 0 Å². The Morgan fingerprint density at radius 1 is 0.925 bits per heavy atom. The Kier molecular flexibility index (Phi) is 9.09. The molecule has 9 nitrogen and oxygen atoms in total. The lowest BCUT2D eigenvalue weighted by atomic mass is 9.76. The molecule has 0 bridgehead atoms. The summed E-state index contributed by atoms with van der Waals surface area (Å²) in [5.74, 6) is -0.126. The fourth-order valence-corrected chi connectivity index (χ4v) is 6.71. The molecule has 1 amide bonds. The Labute approximate surface area is 234 Å². The lowest BCUT2D eigenvalue weighted by molar-refractivity contribution is -0.228. The Morgan fingerprint density at radius 2 is 1.62 bits per heavy atom. The number of hydrogen-bond acceptors (Lipinski definition) is 8. The molecule has 5 rings (SSSR count). The number of carbonyl (C=O) groups excluding carboxylic acids is 1. The number of aromatic hydroxyl groups is 1. The van der Waals surface area contributed by atoms with E-state index in [0.29, 0.717) is 24.0 Å². The van der Waals surface area contributed by atoms with E-state index in [2.05, 4.69) is 0 Å². The lowest BCUT2D eigenvalue weighted by Gasteiger charge is -2.48. The molecule has 2 saturated heterocycles. The molecule has 0 aromatic heterocycles. The summed E-state index contributed by atoms with van der Waals surface area (Å²) in [6, 6.07) is 14.1. The third kappa shape index (κ3) is 5.77. The summed E-state index contributed by atoms with van der Waals surface area (Å²) in [4.78, 5) is 15.1. The van der Waals surface area contributed by atoms with E-state index >= 15 is 0 Å². The highest BCUT2D eigenvalue weighted by atomic mass is 16.5. The standard InChI is InChI=1S/C31H41NO8/c33-17-26-29(37)30(38)28(36)25(40-26)16-18-11-12-21(24(35)15-18)27-22(13-14-23(34)19-7-3-1-4-8-19)31(39)32(27)20-9-5-2-6-10-20/h2,5-6,9-12,15,19,22-23,25-30,33-38H,1,3-4,7-8,13-14,16-17H2/t22-,23+,25+,26-,27-,28+,29-,30-/m1/s1. The smallest absolute Gasteiger partial charge is 0.233 e. The normalized spacial score (nSPS) is 32.1. The number of aliphatic hydroxyl groups excluding tert-OH is 5. The fraction of sp³-hybridized carbons (Fsp3) is 0.581. The van der Waals surface area contributed by atoms with Crippen LogP contribution in [0.2, 0.25) is 0 Å². The van der Waals surface area contributed by atoms with Gasteiger partial charge in [-0.05, 0) is 55.4 Å². The number of nitrogens with zero attached hydrogens (tertiary/aromatic N) is 1. The van der Waals surface area contributed by atoms with Crippen molar-refractivity contribution in [3.63, 3.8) is 0 Å².